The quantitative estimate of drug-likeness (QED) is 0.199. The number of hydrogen-bond acceptors (Lipinski definition) is 6. The summed E-state index contributed by atoms with van der Waals surface area (Å²) in [6.07, 6.45) is 1.35. The van der Waals surface area contributed by atoms with Crippen LogP contribution >= 0.6 is 0 Å². The molecule has 12 heteroatoms. The third-order valence-electron chi connectivity index (χ3n) is 5.41. The van der Waals surface area contributed by atoms with Gasteiger partial charge in [-0.2, -0.15) is 0 Å². The minimum absolute atomic E-state index is 0.0359. The molecule has 3 amide bonds. The highest BCUT2D eigenvalue weighted by Gasteiger charge is 2.29. The number of hydrogen-bond donors (Lipinski definition) is 7. The molecule has 12 nitrogen and oxygen atoms in total. The van der Waals surface area contributed by atoms with Crippen LogP contribution in [0.25, 0.3) is 10.9 Å². The average molecular weight is 490 g/mol. The summed E-state index contributed by atoms with van der Waals surface area (Å²) in [5.41, 5.74) is 7.16. The van der Waals surface area contributed by atoms with Crippen molar-refractivity contribution in [3.63, 3.8) is 0 Å². The predicted molar refractivity (Wildman–Crippen MR) is 126 cm³/mol. The Bertz CT molecular complexity index is 1080. The Hall–Kier alpha value is -3.93. The first-order chi connectivity index (χ1) is 16.5. The summed E-state index contributed by atoms with van der Waals surface area (Å²) < 4.78 is 0. The monoisotopic (exact) mass is 489 g/mol. The number of H-pyrrole nitrogens is 1. The molecule has 35 heavy (non-hydrogen) atoms. The highest BCUT2D eigenvalue weighted by molar-refractivity contribution is 5.93. The molecule has 0 fully saturated rings. The first-order valence-electron chi connectivity index (χ1n) is 11.1. The zero-order valence-electron chi connectivity index (χ0n) is 19.5. The van der Waals surface area contributed by atoms with Crippen LogP contribution in [0, 0.1) is 5.92 Å². The van der Waals surface area contributed by atoms with E-state index >= 15 is 0 Å². The van der Waals surface area contributed by atoms with Gasteiger partial charge in [-0.1, -0.05) is 32.0 Å². The van der Waals surface area contributed by atoms with E-state index in [-0.39, 0.29) is 25.2 Å². The summed E-state index contributed by atoms with van der Waals surface area (Å²) in [5.74, 6) is -4.75. The lowest BCUT2D eigenvalue weighted by Gasteiger charge is -2.24. The molecule has 2 rings (SSSR count). The maximum atomic E-state index is 12.9. The first kappa shape index (κ1) is 27.3. The summed E-state index contributed by atoms with van der Waals surface area (Å²) in [6, 6.07) is 4.01. The Balaban J connectivity index is 1.97. The molecule has 1 aromatic heterocycles. The number of carboxylic acid groups (broad SMARTS) is 2. The van der Waals surface area contributed by atoms with Crippen molar-refractivity contribution in [1.29, 1.82) is 0 Å². The van der Waals surface area contributed by atoms with Crippen LogP contribution in [0.2, 0.25) is 0 Å². The minimum atomic E-state index is -1.23. The summed E-state index contributed by atoms with van der Waals surface area (Å²) in [6.45, 7) is 2.88. The number of fused-ring (bicyclic) bond motifs is 1. The van der Waals surface area contributed by atoms with Crippen molar-refractivity contribution in [1.82, 2.24) is 20.9 Å². The Morgan fingerprint density at radius 2 is 1.71 bits per heavy atom. The number of carbonyl (C=O) groups excluding carboxylic acids is 3. The Labute approximate surface area is 201 Å². The molecule has 0 radical (unpaired) electrons. The molecule has 0 bridgehead atoms. The van der Waals surface area contributed by atoms with Crippen LogP contribution in [0.15, 0.2) is 30.5 Å². The average Bonchev–Trinajstić information content (AvgIpc) is 3.21. The van der Waals surface area contributed by atoms with Gasteiger partial charge in [0.25, 0.3) is 0 Å². The molecule has 0 saturated carbocycles. The molecule has 190 valence electrons. The van der Waals surface area contributed by atoms with E-state index in [4.69, 9.17) is 10.8 Å². The van der Waals surface area contributed by atoms with Gasteiger partial charge >= 0.3 is 11.9 Å². The van der Waals surface area contributed by atoms with Gasteiger partial charge in [-0.15, -0.1) is 0 Å². The molecule has 0 spiro atoms. The van der Waals surface area contributed by atoms with Crippen LogP contribution in [0.5, 0.6) is 0 Å². The zero-order valence-corrected chi connectivity index (χ0v) is 19.5. The van der Waals surface area contributed by atoms with Crippen LogP contribution in [-0.2, 0) is 30.4 Å². The third kappa shape index (κ3) is 8.10. The number of amides is 3. The number of benzene rings is 1. The van der Waals surface area contributed by atoms with Gasteiger partial charge in [-0.25, -0.2) is 4.79 Å². The largest absolute Gasteiger partial charge is 0.481 e. The van der Waals surface area contributed by atoms with Gasteiger partial charge in [0.05, 0.1) is 12.6 Å². The highest BCUT2D eigenvalue weighted by Crippen LogP contribution is 2.19. The molecule has 3 atom stereocenters. The van der Waals surface area contributed by atoms with Gasteiger partial charge in [0, 0.05) is 29.9 Å². The van der Waals surface area contributed by atoms with Crippen molar-refractivity contribution in [2.24, 2.45) is 11.7 Å². The van der Waals surface area contributed by atoms with E-state index in [9.17, 15) is 29.1 Å². The lowest BCUT2D eigenvalue weighted by atomic mass is 10.0. The van der Waals surface area contributed by atoms with Crippen molar-refractivity contribution in [3.8, 4) is 0 Å². The van der Waals surface area contributed by atoms with Crippen molar-refractivity contribution in [2.45, 2.75) is 51.2 Å². The normalized spacial score (nSPS) is 13.6. The molecular formula is C23H31N5O7. The fourth-order valence-corrected chi connectivity index (χ4v) is 3.45. The topological polar surface area (TPSA) is 204 Å². The van der Waals surface area contributed by atoms with Gasteiger partial charge in [-0.05, 0) is 24.0 Å². The fourth-order valence-electron chi connectivity index (χ4n) is 3.45. The van der Waals surface area contributed by atoms with Crippen molar-refractivity contribution in [3.05, 3.63) is 36.0 Å². The molecule has 1 aromatic carbocycles. The number of carbonyl (C=O) groups is 5. The van der Waals surface area contributed by atoms with E-state index in [1.54, 1.807) is 20.0 Å². The zero-order chi connectivity index (χ0) is 26.1. The van der Waals surface area contributed by atoms with Crippen molar-refractivity contribution in [2.75, 3.05) is 6.54 Å². The van der Waals surface area contributed by atoms with Gasteiger partial charge in [0.1, 0.15) is 12.1 Å². The van der Waals surface area contributed by atoms with Crippen LogP contribution < -0.4 is 21.7 Å². The minimum Gasteiger partial charge on any atom is -0.481 e. The molecule has 1 heterocycles. The van der Waals surface area contributed by atoms with E-state index in [2.05, 4.69) is 20.9 Å². The second-order valence-electron chi connectivity index (χ2n) is 8.51. The fraction of sp³-hybridized carbons (Fsp3) is 0.435. The number of para-hydroxylation sites is 1. The van der Waals surface area contributed by atoms with E-state index in [1.165, 1.54) is 0 Å². The molecule has 0 aliphatic heterocycles. The molecule has 8 N–H and O–H groups in total. The maximum Gasteiger partial charge on any atom is 0.326 e. The summed E-state index contributed by atoms with van der Waals surface area (Å²) in [7, 11) is 0. The molecule has 0 saturated heterocycles. The summed E-state index contributed by atoms with van der Waals surface area (Å²) in [5, 5.41) is 26.4. The number of nitrogens with one attached hydrogen (secondary N) is 4. The van der Waals surface area contributed by atoms with E-state index in [1.807, 2.05) is 24.3 Å². The van der Waals surface area contributed by atoms with Crippen molar-refractivity contribution >= 4 is 40.6 Å². The SMILES string of the molecule is CC(C)C(NC(=O)CNC(=O)C(N)CCC(=O)O)C(=O)NC(Cc1c[nH]c2ccccc12)C(=O)O. The molecule has 0 aliphatic carbocycles. The second-order valence-corrected chi connectivity index (χ2v) is 8.51. The number of rotatable bonds is 13. The Kier molecular flexibility index (Phi) is 9.76. The molecule has 0 aliphatic rings. The third-order valence-corrected chi connectivity index (χ3v) is 5.41. The summed E-state index contributed by atoms with van der Waals surface area (Å²) >= 11 is 0. The maximum absolute atomic E-state index is 12.9. The standard InChI is InChI=1S/C23H31N5O7/c1-12(2)20(28-18(29)11-26-21(32)15(24)7-8-19(30)31)22(33)27-17(23(34)35)9-13-10-25-16-6-4-3-5-14(13)16/h3-6,10,12,15,17,20,25H,7-9,11,24H2,1-2H3,(H,26,32)(H,27,33)(H,28,29)(H,30,31)(H,34,35). The van der Waals surface area contributed by atoms with Crippen molar-refractivity contribution < 1.29 is 34.2 Å². The lowest BCUT2D eigenvalue weighted by Crippen LogP contribution is -2.55. The number of carboxylic acids is 2. The van der Waals surface area contributed by atoms with Crippen LogP contribution in [0.4, 0.5) is 0 Å². The van der Waals surface area contributed by atoms with Gasteiger partial charge < -0.3 is 36.9 Å². The Morgan fingerprint density at radius 3 is 2.34 bits per heavy atom. The number of aromatic nitrogens is 1. The highest BCUT2D eigenvalue weighted by atomic mass is 16.4. The first-order valence-corrected chi connectivity index (χ1v) is 11.1. The van der Waals surface area contributed by atoms with Gasteiger partial charge in [0.2, 0.25) is 17.7 Å². The summed E-state index contributed by atoms with van der Waals surface area (Å²) in [4.78, 5) is 62.6. The van der Waals surface area contributed by atoms with Gasteiger partial charge in [-0.3, -0.25) is 19.2 Å². The van der Waals surface area contributed by atoms with E-state index in [0.29, 0.717) is 0 Å². The lowest BCUT2D eigenvalue weighted by molar-refractivity contribution is -0.142. The predicted octanol–water partition coefficient (Wildman–Crippen LogP) is -0.271. The van der Waals surface area contributed by atoms with E-state index in [0.717, 1.165) is 16.5 Å². The van der Waals surface area contributed by atoms with Crippen LogP contribution in [0.1, 0.15) is 32.3 Å². The van der Waals surface area contributed by atoms with Gasteiger partial charge in [0.15, 0.2) is 0 Å². The Morgan fingerprint density at radius 1 is 1.03 bits per heavy atom. The number of aromatic amines is 1. The second kappa shape index (κ2) is 12.5. The molecular weight excluding hydrogens is 458 g/mol. The van der Waals surface area contributed by atoms with Crippen LogP contribution in [-0.4, -0.2) is 69.5 Å². The number of aliphatic carboxylic acids is 2. The number of nitrogens with two attached hydrogens (primary N) is 1. The smallest absolute Gasteiger partial charge is 0.326 e. The van der Waals surface area contributed by atoms with Crippen LogP contribution in [0.3, 0.4) is 0 Å². The molecule has 2 aromatic rings. The molecule has 3 unspecified atom stereocenters. The van der Waals surface area contributed by atoms with E-state index < -0.39 is 54.3 Å².